The Balaban J connectivity index is 1.76. The van der Waals surface area contributed by atoms with Gasteiger partial charge in [0.2, 0.25) is 10.0 Å². The summed E-state index contributed by atoms with van der Waals surface area (Å²) >= 11 is 1.75. The average molecular weight is 380 g/mol. The molecule has 1 amide bonds. The van der Waals surface area contributed by atoms with Crippen molar-refractivity contribution in [2.45, 2.75) is 18.7 Å². The number of aromatic nitrogens is 1. The fourth-order valence-corrected chi connectivity index (χ4v) is 5.18. The summed E-state index contributed by atoms with van der Waals surface area (Å²) in [5.74, 6) is 1.23. The first-order valence-corrected chi connectivity index (χ1v) is 10.6. The lowest BCUT2D eigenvalue weighted by molar-refractivity contribution is 0.102. The summed E-state index contributed by atoms with van der Waals surface area (Å²) in [5, 5.41) is 2.79. The molecule has 3 rings (SSSR count). The summed E-state index contributed by atoms with van der Waals surface area (Å²) in [7, 11) is -3.55. The number of sulfonamides is 1. The highest BCUT2D eigenvalue weighted by molar-refractivity contribution is 7.99. The quantitative estimate of drug-likeness (QED) is 0.855. The van der Waals surface area contributed by atoms with Crippen molar-refractivity contribution in [3.05, 3.63) is 47.3 Å². The predicted molar refractivity (Wildman–Crippen MR) is 101 cm³/mol. The van der Waals surface area contributed by atoms with E-state index >= 15 is 0 Å². The topological polar surface area (TPSA) is 82.3 Å². The molecule has 1 aliphatic heterocycles. The number of nitrogens with one attached hydrogen (secondary N) is 2. The van der Waals surface area contributed by atoms with E-state index in [-0.39, 0.29) is 16.5 Å². The summed E-state index contributed by atoms with van der Waals surface area (Å²) < 4.78 is 26.7. The van der Waals surface area contributed by atoms with E-state index in [2.05, 4.69) is 10.3 Å². The van der Waals surface area contributed by atoms with Gasteiger partial charge in [-0.1, -0.05) is 6.07 Å². The maximum absolute atomic E-state index is 12.6. The van der Waals surface area contributed by atoms with Crippen LogP contribution in [0.25, 0.3) is 0 Å². The fraction of sp³-hybridized carbons (Fsp3) is 0.353. The summed E-state index contributed by atoms with van der Waals surface area (Å²) in [6, 6.07) is 7.04. The molecule has 6 nitrogen and oxygen atoms in total. The van der Waals surface area contributed by atoms with Crippen LogP contribution in [-0.4, -0.2) is 48.2 Å². The smallest absolute Gasteiger partial charge is 0.272 e. The van der Waals surface area contributed by atoms with E-state index in [0.717, 1.165) is 22.6 Å². The summed E-state index contributed by atoms with van der Waals surface area (Å²) in [5.41, 5.74) is 3.13. The van der Waals surface area contributed by atoms with Crippen LogP contribution < -0.4 is 5.32 Å². The highest BCUT2D eigenvalue weighted by Gasteiger charge is 2.27. The van der Waals surface area contributed by atoms with Crippen LogP contribution in [0.2, 0.25) is 0 Å². The Bertz CT molecular complexity index is 884. The van der Waals surface area contributed by atoms with E-state index < -0.39 is 10.0 Å². The van der Waals surface area contributed by atoms with Gasteiger partial charge in [0.15, 0.2) is 0 Å². The van der Waals surface area contributed by atoms with Crippen molar-refractivity contribution >= 4 is 33.4 Å². The van der Waals surface area contributed by atoms with E-state index in [1.165, 1.54) is 16.6 Å². The number of hydrogen-bond donors (Lipinski definition) is 2. The Labute approximate surface area is 152 Å². The van der Waals surface area contributed by atoms with Gasteiger partial charge in [-0.2, -0.15) is 16.1 Å². The van der Waals surface area contributed by atoms with Crippen LogP contribution >= 0.6 is 11.8 Å². The molecule has 1 fully saturated rings. The van der Waals surface area contributed by atoms with E-state index in [1.54, 1.807) is 11.8 Å². The van der Waals surface area contributed by atoms with Gasteiger partial charge in [-0.25, -0.2) is 8.42 Å². The zero-order chi connectivity index (χ0) is 18.0. The van der Waals surface area contributed by atoms with Crippen molar-refractivity contribution in [2.75, 3.05) is 29.9 Å². The number of thioether (sulfide) groups is 1. The Morgan fingerprint density at radius 1 is 1.16 bits per heavy atom. The van der Waals surface area contributed by atoms with E-state index in [4.69, 9.17) is 0 Å². The lowest BCUT2D eigenvalue weighted by Crippen LogP contribution is -2.37. The SMILES string of the molecule is Cc1ccc(NC(=O)c2cc(S(=O)(=O)N3CCSCC3)c[nH]2)cc1C. The maximum atomic E-state index is 12.6. The molecule has 2 N–H and O–H groups in total. The van der Waals surface area contributed by atoms with Gasteiger partial charge in [-0.05, 0) is 43.2 Å². The average Bonchev–Trinajstić information content (AvgIpc) is 3.10. The summed E-state index contributed by atoms with van der Waals surface area (Å²) in [6.45, 7) is 4.98. The Kier molecular flexibility index (Phi) is 5.21. The van der Waals surface area contributed by atoms with Crippen molar-refractivity contribution in [3.63, 3.8) is 0 Å². The molecule has 0 radical (unpaired) electrons. The monoisotopic (exact) mass is 379 g/mol. The molecule has 1 saturated heterocycles. The van der Waals surface area contributed by atoms with E-state index in [9.17, 15) is 13.2 Å². The van der Waals surface area contributed by atoms with Crippen LogP contribution in [0.4, 0.5) is 5.69 Å². The van der Waals surface area contributed by atoms with Crippen LogP contribution in [0.15, 0.2) is 35.4 Å². The van der Waals surface area contributed by atoms with E-state index in [1.807, 2.05) is 32.0 Å². The molecule has 2 heterocycles. The van der Waals surface area contributed by atoms with Gasteiger partial charge in [0.25, 0.3) is 5.91 Å². The van der Waals surface area contributed by atoms with Crippen molar-refractivity contribution in [1.29, 1.82) is 0 Å². The maximum Gasteiger partial charge on any atom is 0.272 e. The standard InChI is InChI=1S/C17H21N3O3S2/c1-12-3-4-14(9-13(12)2)19-17(21)16-10-15(11-18-16)25(22,23)20-5-7-24-8-6-20/h3-4,9-11,18H,5-8H2,1-2H3,(H,19,21). The van der Waals surface area contributed by atoms with Crippen molar-refractivity contribution in [2.24, 2.45) is 0 Å². The number of carbonyl (C=O) groups is 1. The molecule has 0 aliphatic carbocycles. The Morgan fingerprint density at radius 3 is 2.56 bits per heavy atom. The largest absolute Gasteiger partial charge is 0.356 e. The molecule has 1 aromatic heterocycles. The van der Waals surface area contributed by atoms with Gasteiger partial charge in [0, 0.05) is 36.5 Å². The first-order valence-electron chi connectivity index (χ1n) is 8.03. The van der Waals surface area contributed by atoms with Gasteiger partial charge in [0.05, 0.1) is 0 Å². The molecular weight excluding hydrogens is 358 g/mol. The van der Waals surface area contributed by atoms with Gasteiger partial charge < -0.3 is 10.3 Å². The molecule has 0 spiro atoms. The van der Waals surface area contributed by atoms with Crippen LogP contribution in [-0.2, 0) is 10.0 Å². The number of aromatic amines is 1. The van der Waals surface area contributed by atoms with Gasteiger partial charge in [-0.15, -0.1) is 0 Å². The van der Waals surface area contributed by atoms with E-state index in [0.29, 0.717) is 18.8 Å². The highest BCUT2D eigenvalue weighted by atomic mass is 32.2. The Morgan fingerprint density at radius 2 is 1.88 bits per heavy atom. The van der Waals surface area contributed by atoms with Gasteiger partial charge in [0.1, 0.15) is 10.6 Å². The Hall–Kier alpha value is -1.77. The summed E-state index contributed by atoms with van der Waals surface area (Å²) in [6.07, 6.45) is 1.38. The third kappa shape index (κ3) is 3.91. The molecule has 8 heteroatoms. The molecule has 25 heavy (non-hydrogen) atoms. The second kappa shape index (κ2) is 7.23. The van der Waals surface area contributed by atoms with Crippen LogP contribution in [0.1, 0.15) is 21.6 Å². The second-order valence-corrected chi connectivity index (χ2v) is 9.18. The minimum Gasteiger partial charge on any atom is -0.356 e. The second-order valence-electron chi connectivity index (χ2n) is 6.02. The van der Waals surface area contributed by atoms with Crippen molar-refractivity contribution in [3.8, 4) is 0 Å². The lowest BCUT2D eigenvalue weighted by atomic mass is 10.1. The summed E-state index contributed by atoms with van der Waals surface area (Å²) in [4.78, 5) is 15.3. The first-order chi connectivity index (χ1) is 11.9. The normalized spacial score (nSPS) is 15.9. The molecule has 1 aromatic carbocycles. The lowest BCUT2D eigenvalue weighted by Gasteiger charge is -2.24. The number of hydrogen-bond acceptors (Lipinski definition) is 4. The first kappa shape index (κ1) is 18.0. The van der Waals surface area contributed by atoms with Crippen molar-refractivity contribution < 1.29 is 13.2 Å². The molecular formula is C17H21N3O3S2. The fourth-order valence-electron chi connectivity index (χ4n) is 2.61. The minimum absolute atomic E-state index is 0.129. The number of aryl methyl sites for hydroxylation is 2. The zero-order valence-electron chi connectivity index (χ0n) is 14.2. The van der Waals surface area contributed by atoms with Crippen molar-refractivity contribution in [1.82, 2.24) is 9.29 Å². The van der Waals surface area contributed by atoms with Crippen LogP contribution in [0.5, 0.6) is 0 Å². The van der Waals surface area contributed by atoms with Gasteiger partial charge in [-0.3, -0.25) is 4.79 Å². The molecule has 0 bridgehead atoms. The number of nitrogens with zero attached hydrogens (tertiary/aromatic N) is 1. The third-order valence-electron chi connectivity index (χ3n) is 4.27. The predicted octanol–water partition coefficient (Wildman–Crippen LogP) is 2.62. The molecule has 0 unspecified atom stereocenters. The highest BCUT2D eigenvalue weighted by Crippen LogP contribution is 2.21. The molecule has 0 atom stereocenters. The van der Waals surface area contributed by atoms with Gasteiger partial charge >= 0.3 is 0 Å². The third-order valence-corrected chi connectivity index (χ3v) is 7.09. The number of rotatable bonds is 4. The minimum atomic E-state index is -3.55. The number of benzene rings is 1. The zero-order valence-corrected chi connectivity index (χ0v) is 15.8. The van der Waals surface area contributed by atoms with Crippen LogP contribution in [0.3, 0.4) is 0 Å². The molecule has 0 saturated carbocycles. The number of amides is 1. The molecule has 2 aromatic rings. The van der Waals surface area contributed by atoms with Crippen LogP contribution in [0, 0.1) is 13.8 Å². The number of carbonyl (C=O) groups excluding carboxylic acids is 1. The number of H-pyrrole nitrogens is 1. The molecule has 1 aliphatic rings. The number of anilines is 1. The molecule has 134 valence electrons.